The average Bonchev–Trinajstić information content (AvgIpc) is 2.74. The zero-order valence-electron chi connectivity index (χ0n) is 15.4. The van der Waals surface area contributed by atoms with Crippen LogP contribution in [0.4, 0.5) is 0 Å². The number of methoxy groups -OCH3 is 1. The van der Waals surface area contributed by atoms with Crippen LogP contribution in [-0.4, -0.2) is 40.6 Å². The Balaban J connectivity index is 1.88. The number of rotatable bonds is 8. The van der Waals surface area contributed by atoms with Gasteiger partial charge in [0.1, 0.15) is 28.0 Å². The molecule has 0 bridgehead atoms. The number of aromatic nitrogens is 2. The van der Waals surface area contributed by atoms with E-state index in [4.69, 9.17) is 9.84 Å². The van der Waals surface area contributed by atoms with Crippen LogP contribution in [0, 0.1) is 0 Å². The van der Waals surface area contributed by atoms with Crippen molar-refractivity contribution < 1.29 is 19.4 Å². The molecular weight excluding hydrogens is 410 g/mol. The highest BCUT2D eigenvalue weighted by Gasteiger charge is 2.17. The minimum atomic E-state index is -1.12. The molecule has 1 amide bonds. The van der Waals surface area contributed by atoms with Crippen LogP contribution < -0.4 is 10.1 Å². The van der Waals surface area contributed by atoms with Crippen LogP contribution in [-0.2, 0) is 4.79 Å². The van der Waals surface area contributed by atoms with Crippen molar-refractivity contribution in [2.75, 3.05) is 13.7 Å². The zero-order chi connectivity index (χ0) is 20.6. The largest absolute Gasteiger partial charge is 0.497 e. The first-order chi connectivity index (χ1) is 14.0. The van der Waals surface area contributed by atoms with Gasteiger partial charge in [0.15, 0.2) is 0 Å². The molecule has 0 radical (unpaired) electrons. The predicted molar refractivity (Wildman–Crippen MR) is 110 cm³/mol. The van der Waals surface area contributed by atoms with E-state index in [1.807, 2.05) is 42.5 Å². The topological polar surface area (TPSA) is 101 Å². The molecule has 0 unspecified atom stereocenters. The molecule has 0 spiro atoms. The second-order valence-electron chi connectivity index (χ2n) is 5.62. The van der Waals surface area contributed by atoms with E-state index in [0.717, 1.165) is 15.7 Å². The normalized spacial score (nSPS) is 10.4. The number of amides is 1. The summed E-state index contributed by atoms with van der Waals surface area (Å²) >= 11 is 2.68. The average molecular weight is 428 g/mol. The number of pyridine rings is 2. The Kier molecular flexibility index (Phi) is 7.09. The Bertz CT molecular complexity index is 998. The van der Waals surface area contributed by atoms with Gasteiger partial charge in [-0.2, -0.15) is 0 Å². The maximum absolute atomic E-state index is 12.6. The van der Waals surface area contributed by atoms with Gasteiger partial charge in [0.25, 0.3) is 5.91 Å². The lowest BCUT2D eigenvalue weighted by atomic mass is 10.3. The molecule has 0 saturated carbocycles. The number of benzene rings is 1. The lowest BCUT2D eigenvalue weighted by Gasteiger charge is -2.10. The summed E-state index contributed by atoms with van der Waals surface area (Å²) in [6.45, 7) is -0.481. The third-order valence-electron chi connectivity index (χ3n) is 3.58. The van der Waals surface area contributed by atoms with Crippen molar-refractivity contribution in [2.24, 2.45) is 0 Å². The molecule has 2 N–H and O–H groups in total. The highest BCUT2D eigenvalue weighted by atomic mass is 32.2. The van der Waals surface area contributed by atoms with Crippen LogP contribution in [0.3, 0.4) is 0 Å². The summed E-state index contributed by atoms with van der Waals surface area (Å²) in [6.07, 6.45) is 1.68. The van der Waals surface area contributed by atoms with Gasteiger partial charge in [-0.05, 0) is 48.5 Å². The molecule has 2 heterocycles. The van der Waals surface area contributed by atoms with Crippen molar-refractivity contribution >= 4 is 35.4 Å². The number of carboxylic acid groups (broad SMARTS) is 1. The maximum atomic E-state index is 12.6. The summed E-state index contributed by atoms with van der Waals surface area (Å²) in [7, 11) is 1.59. The summed E-state index contributed by atoms with van der Waals surface area (Å²) in [4.78, 5) is 33.6. The summed E-state index contributed by atoms with van der Waals surface area (Å²) < 4.78 is 5.16. The number of carbonyl (C=O) groups excluding carboxylic acids is 1. The summed E-state index contributed by atoms with van der Waals surface area (Å²) in [6, 6.07) is 16.5. The molecule has 0 aliphatic rings. The van der Waals surface area contributed by atoms with E-state index >= 15 is 0 Å². The van der Waals surface area contributed by atoms with E-state index < -0.39 is 18.4 Å². The van der Waals surface area contributed by atoms with Gasteiger partial charge >= 0.3 is 5.97 Å². The number of hydrogen-bond acceptors (Lipinski definition) is 7. The van der Waals surface area contributed by atoms with Crippen molar-refractivity contribution in [1.29, 1.82) is 0 Å². The van der Waals surface area contributed by atoms with Gasteiger partial charge in [0, 0.05) is 16.0 Å². The Morgan fingerprint density at radius 3 is 2.48 bits per heavy atom. The van der Waals surface area contributed by atoms with E-state index in [-0.39, 0.29) is 5.69 Å². The van der Waals surface area contributed by atoms with Crippen LogP contribution in [0.5, 0.6) is 5.75 Å². The molecule has 7 nitrogen and oxygen atoms in total. The monoisotopic (exact) mass is 427 g/mol. The van der Waals surface area contributed by atoms with Crippen LogP contribution >= 0.6 is 23.5 Å². The number of ether oxygens (including phenoxy) is 1. The van der Waals surface area contributed by atoms with Crippen molar-refractivity contribution in [3.05, 3.63) is 66.5 Å². The van der Waals surface area contributed by atoms with Crippen LogP contribution in [0.25, 0.3) is 0 Å². The Morgan fingerprint density at radius 2 is 1.83 bits per heavy atom. The molecular formula is C20H17N3O4S2. The Hall–Kier alpha value is -3.04. The Labute approximate surface area is 175 Å². The minimum Gasteiger partial charge on any atom is -0.497 e. The lowest BCUT2D eigenvalue weighted by molar-refractivity contribution is -0.135. The highest BCUT2D eigenvalue weighted by Crippen LogP contribution is 2.33. The van der Waals surface area contributed by atoms with Crippen LogP contribution in [0.2, 0.25) is 0 Å². The second kappa shape index (κ2) is 9.94. The number of carboxylic acids is 1. The first kappa shape index (κ1) is 20.7. The molecule has 3 aromatic rings. The van der Waals surface area contributed by atoms with Crippen LogP contribution in [0.1, 0.15) is 10.5 Å². The van der Waals surface area contributed by atoms with Crippen molar-refractivity contribution in [1.82, 2.24) is 15.3 Å². The summed E-state index contributed by atoms with van der Waals surface area (Å²) in [5, 5.41) is 12.6. The van der Waals surface area contributed by atoms with Gasteiger partial charge in [0.05, 0.1) is 7.11 Å². The van der Waals surface area contributed by atoms with E-state index in [1.54, 1.807) is 25.4 Å². The number of carbonyl (C=O) groups is 2. The number of hydrogen-bond donors (Lipinski definition) is 2. The molecule has 0 aliphatic heterocycles. The molecule has 2 aromatic heterocycles. The van der Waals surface area contributed by atoms with Crippen molar-refractivity contribution in [3.8, 4) is 5.75 Å². The Morgan fingerprint density at radius 1 is 1.03 bits per heavy atom. The molecule has 0 fully saturated rings. The van der Waals surface area contributed by atoms with Gasteiger partial charge < -0.3 is 15.2 Å². The highest BCUT2D eigenvalue weighted by molar-refractivity contribution is 7.99. The first-order valence-electron chi connectivity index (χ1n) is 8.47. The zero-order valence-corrected chi connectivity index (χ0v) is 17.0. The van der Waals surface area contributed by atoms with Crippen LogP contribution in [0.15, 0.2) is 80.6 Å². The van der Waals surface area contributed by atoms with Gasteiger partial charge in [-0.25, -0.2) is 9.97 Å². The summed E-state index contributed by atoms with van der Waals surface area (Å²) in [5.41, 5.74) is 0.160. The number of nitrogens with one attached hydrogen (secondary N) is 1. The lowest BCUT2D eigenvalue weighted by Crippen LogP contribution is -2.30. The first-order valence-corrected chi connectivity index (χ1v) is 10.1. The minimum absolute atomic E-state index is 0.160. The SMILES string of the molecule is COc1ccc(Sc2ccc(Sc3ccccn3)nc2C(=O)NCC(=O)O)cc1. The molecule has 3 rings (SSSR count). The van der Waals surface area contributed by atoms with E-state index in [1.165, 1.54) is 23.5 Å². The van der Waals surface area contributed by atoms with E-state index in [0.29, 0.717) is 9.92 Å². The van der Waals surface area contributed by atoms with Crippen molar-refractivity contribution in [3.63, 3.8) is 0 Å². The van der Waals surface area contributed by atoms with Gasteiger partial charge in [-0.3, -0.25) is 9.59 Å². The number of aliphatic carboxylic acids is 1. The second-order valence-corrected chi connectivity index (χ2v) is 7.78. The molecule has 1 aromatic carbocycles. The number of nitrogens with zero attached hydrogens (tertiary/aromatic N) is 2. The van der Waals surface area contributed by atoms with Gasteiger partial charge in [-0.15, -0.1) is 0 Å². The third kappa shape index (κ3) is 5.97. The smallest absolute Gasteiger partial charge is 0.322 e. The maximum Gasteiger partial charge on any atom is 0.322 e. The fourth-order valence-corrected chi connectivity index (χ4v) is 3.90. The standard InChI is InChI=1S/C20H17N3O4S2/c1-27-13-5-7-14(8-6-13)28-15-9-10-17(29-16-4-2-3-11-21-16)23-19(15)20(26)22-12-18(24)25/h2-11H,12H2,1H3,(H,22,26)(H,24,25). The van der Waals surface area contributed by atoms with Gasteiger partial charge in [0.2, 0.25) is 0 Å². The quantitative estimate of drug-likeness (QED) is 0.562. The molecule has 0 aliphatic carbocycles. The molecule has 9 heteroatoms. The molecule has 0 atom stereocenters. The molecule has 29 heavy (non-hydrogen) atoms. The predicted octanol–water partition coefficient (Wildman–Crippen LogP) is 3.60. The fourth-order valence-electron chi connectivity index (χ4n) is 2.26. The molecule has 148 valence electrons. The van der Waals surface area contributed by atoms with Gasteiger partial charge in [-0.1, -0.05) is 29.6 Å². The molecule has 0 saturated heterocycles. The third-order valence-corrected chi connectivity index (χ3v) is 5.53. The fraction of sp³-hybridized carbons (Fsp3) is 0.100. The van der Waals surface area contributed by atoms with E-state index in [2.05, 4.69) is 15.3 Å². The van der Waals surface area contributed by atoms with Crippen molar-refractivity contribution in [2.45, 2.75) is 19.8 Å². The van der Waals surface area contributed by atoms with E-state index in [9.17, 15) is 9.59 Å². The summed E-state index contributed by atoms with van der Waals surface area (Å²) in [5.74, 6) is -0.942.